The van der Waals surface area contributed by atoms with Crippen molar-refractivity contribution in [3.8, 4) is 0 Å². The molecule has 6 heteroatoms. The van der Waals surface area contributed by atoms with E-state index in [1.54, 1.807) is 0 Å². The van der Waals surface area contributed by atoms with Gasteiger partial charge in [-0.25, -0.2) is 0 Å². The van der Waals surface area contributed by atoms with Crippen LogP contribution in [-0.2, 0) is 28.6 Å². The van der Waals surface area contributed by atoms with Crippen molar-refractivity contribution in [3.63, 3.8) is 0 Å². The van der Waals surface area contributed by atoms with Crippen molar-refractivity contribution in [1.29, 1.82) is 0 Å². The average molecular weight is 893 g/mol. The molecule has 0 spiro atoms. The lowest BCUT2D eigenvalue weighted by Crippen LogP contribution is -2.30. The van der Waals surface area contributed by atoms with Crippen LogP contribution in [0.4, 0.5) is 0 Å². The van der Waals surface area contributed by atoms with Crippen molar-refractivity contribution in [2.45, 2.75) is 264 Å². The molecular weight excluding hydrogens is 793 g/mol. The van der Waals surface area contributed by atoms with Crippen LogP contribution >= 0.6 is 0 Å². The summed E-state index contributed by atoms with van der Waals surface area (Å²) in [7, 11) is 0. The summed E-state index contributed by atoms with van der Waals surface area (Å²) in [5.74, 6) is -0.916. The molecule has 0 N–H and O–H groups in total. The highest BCUT2D eigenvalue weighted by molar-refractivity contribution is 5.71. The van der Waals surface area contributed by atoms with Gasteiger partial charge in [-0.1, -0.05) is 216 Å². The quantitative estimate of drug-likeness (QED) is 0.0199. The molecule has 1 unspecified atom stereocenters. The number of esters is 3. The predicted octanol–water partition coefficient (Wildman–Crippen LogP) is 17.8. The van der Waals surface area contributed by atoms with Gasteiger partial charge in [-0.15, -0.1) is 0 Å². The Morgan fingerprint density at radius 1 is 0.344 bits per heavy atom. The lowest BCUT2D eigenvalue weighted by atomic mass is 10.1. The summed E-state index contributed by atoms with van der Waals surface area (Å²) < 4.78 is 16.8. The van der Waals surface area contributed by atoms with Gasteiger partial charge in [0.2, 0.25) is 0 Å². The van der Waals surface area contributed by atoms with Crippen LogP contribution in [0.15, 0.2) is 72.9 Å². The van der Waals surface area contributed by atoms with Gasteiger partial charge in [-0.05, 0) is 96.3 Å². The summed E-state index contributed by atoms with van der Waals surface area (Å²) in [4.78, 5) is 38.0. The lowest BCUT2D eigenvalue weighted by Gasteiger charge is -2.18. The molecule has 368 valence electrons. The molecule has 0 amide bonds. The number of allylic oxidation sites excluding steroid dienone is 12. The Balaban J connectivity index is 4.41. The first-order chi connectivity index (χ1) is 31.5. The zero-order chi connectivity index (χ0) is 46.5. The third kappa shape index (κ3) is 49.9. The molecule has 6 nitrogen and oxygen atoms in total. The van der Waals surface area contributed by atoms with Crippen molar-refractivity contribution in [1.82, 2.24) is 0 Å². The minimum Gasteiger partial charge on any atom is -0.462 e. The van der Waals surface area contributed by atoms with E-state index in [4.69, 9.17) is 14.2 Å². The molecule has 0 aromatic rings. The Morgan fingerprint density at radius 3 is 1.03 bits per heavy atom. The summed E-state index contributed by atoms with van der Waals surface area (Å²) in [6.45, 7) is 6.40. The van der Waals surface area contributed by atoms with Crippen molar-refractivity contribution in [2.75, 3.05) is 13.2 Å². The fourth-order valence-electron chi connectivity index (χ4n) is 7.45. The molecule has 0 aliphatic heterocycles. The molecule has 0 aliphatic rings. The molecule has 0 fully saturated rings. The average Bonchev–Trinajstić information content (AvgIpc) is 3.29. The van der Waals surface area contributed by atoms with Crippen molar-refractivity contribution >= 4 is 17.9 Å². The van der Waals surface area contributed by atoms with Crippen LogP contribution in [0.25, 0.3) is 0 Å². The Hall–Kier alpha value is -3.15. The van der Waals surface area contributed by atoms with Crippen LogP contribution in [-0.4, -0.2) is 37.2 Å². The van der Waals surface area contributed by atoms with Gasteiger partial charge in [0.25, 0.3) is 0 Å². The van der Waals surface area contributed by atoms with E-state index in [2.05, 4.69) is 93.7 Å². The lowest BCUT2D eigenvalue weighted by molar-refractivity contribution is -0.167. The molecule has 0 aromatic heterocycles. The number of unbranched alkanes of at least 4 members (excludes halogenated alkanes) is 26. The number of hydrogen-bond acceptors (Lipinski definition) is 6. The van der Waals surface area contributed by atoms with Gasteiger partial charge in [0.15, 0.2) is 6.10 Å². The van der Waals surface area contributed by atoms with E-state index < -0.39 is 6.10 Å². The fraction of sp³-hybridized carbons (Fsp3) is 0.741. The Kier molecular flexibility index (Phi) is 49.9. The Bertz CT molecular complexity index is 1210. The summed E-state index contributed by atoms with van der Waals surface area (Å²) in [5, 5.41) is 0. The number of carbonyl (C=O) groups excluding carboxylic acids is 3. The summed E-state index contributed by atoms with van der Waals surface area (Å²) in [6, 6.07) is 0. The minimum absolute atomic E-state index is 0.0880. The van der Waals surface area contributed by atoms with Crippen molar-refractivity contribution in [2.24, 2.45) is 0 Å². The second-order valence-corrected chi connectivity index (χ2v) is 17.8. The van der Waals surface area contributed by atoms with Crippen molar-refractivity contribution in [3.05, 3.63) is 72.9 Å². The highest BCUT2D eigenvalue weighted by atomic mass is 16.6. The minimum atomic E-state index is -0.789. The maximum atomic E-state index is 12.8. The zero-order valence-corrected chi connectivity index (χ0v) is 42.0. The Morgan fingerprint density at radius 2 is 0.656 bits per heavy atom. The van der Waals surface area contributed by atoms with Crippen LogP contribution in [0.1, 0.15) is 258 Å². The molecule has 64 heavy (non-hydrogen) atoms. The number of rotatable bonds is 48. The summed E-state index contributed by atoms with van der Waals surface area (Å²) in [5.41, 5.74) is 0. The molecule has 0 rings (SSSR count). The molecule has 0 bridgehead atoms. The predicted molar refractivity (Wildman–Crippen MR) is 274 cm³/mol. The summed E-state index contributed by atoms with van der Waals surface area (Å²) in [6.07, 6.45) is 66.0. The maximum absolute atomic E-state index is 12.8. The number of ether oxygens (including phenoxy) is 3. The molecule has 0 aromatic carbocycles. The van der Waals surface area contributed by atoms with Crippen LogP contribution in [0.5, 0.6) is 0 Å². The second kappa shape index (κ2) is 52.5. The third-order valence-electron chi connectivity index (χ3n) is 11.5. The monoisotopic (exact) mass is 893 g/mol. The molecule has 0 saturated carbocycles. The van der Waals surface area contributed by atoms with E-state index in [0.29, 0.717) is 19.3 Å². The molecule has 0 radical (unpaired) electrons. The van der Waals surface area contributed by atoms with Gasteiger partial charge in [0, 0.05) is 19.3 Å². The van der Waals surface area contributed by atoms with Gasteiger partial charge < -0.3 is 14.2 Å². The largest absolute Gasteiger partial charge is 0.462 e. The standard InChI is InChI=1S/C58H100O6/c1-4-7-10-13-16-19-22-25-28-29-30-31-34-36-39-42-45-48-51-57(60)63-54-55(64-58(61)52-49-46-43-40-37-33-27-24-21-18-15-12-9-6-3)53-62-56(59)50-47-44-41-38-35-32-26-23-20-17-14-11-8-5-2/h8-9,11-12,17-18,20-21,28-31,55H,4-7,10,13-16,19,22-27,32-54H2,1-3H3/b11-8-,12-9-,20-17-,21-18-,29-28-,31-30-. The number of carbonyl (C=O) groups is 3. The van der Waals surface area contributed by atoms with Crippen LogP contribution in [0.3, 0.4) is 0 Å². The highest BCUT2D eigenvalue weighted by Gasteiger charge is 2.19. The Labute approximate surface area is 395 Å². The van der Waals surface area contributed by atoms with E-state index >= 15 is 0 Å². The first-order valence-corrected chi connectivity index (χ1v) is 27.0. The van der Waals surface area contributed by atoms with Gasteiger partial charge in [-0.2, -0.15) is 0 Å². The zero-order valence-electron chi connectivity index (χ0n) is 42.0. The number of hydrogen-bond donors (Lipinski definition) is 0. The third-order valence-corrected chi connectivity index (χ3v) is 11.5. The maximum Gasteiger partial charge on any atom is 0.306 e. The first kappa shape index (κ1) is 60.9. The second-order valence-electron chi connectivity index (χ2n) is 17.8. The molecule has 0 saturated heterocycles. The van der Waals surface area contributed by atoms with E-state index in [1.807, 2.05) is 0 Å². The molecular formula is C58H100O6. The molecule has 1 atom stereocenters. The summed E-state index contributed by atoms with van der Waals surface area (Å²) >= 11 is 0. The van der Waals surface area contributed by atoms with Gasteiger partial charge in [-0.3, -0.25) is 14.4 Å². The van der Waals surface area contributed by atoms with E-state index in [9.17, 15) is 14.4 Å². The SMILES string of the molecule is CC/C=C\C/C=C\CCCCCCCCCC(=O)OCC(COC(=O)CCCCCCC/C=C\C=C/CCCCCCCCC)OC(=O)CCCCCCCCC/C=C\C/C=C\CC. The van der Waals surface area contributed by atoms with Crippen LogP contribution in [0, 0.1) is 0 Å². The fourth-order valence-corrected chi connectivity index (χ4v) is 7.45. The highest BCUT2D eigenvalue weighted by Crippen LogP contribution is 2.15. The topological polar surface area (TPSA) is 78.9 Å². The molecule has 0 heterocycles. The smallest absolute Gasteiger partial charge is 0.306 e. The van der Waals surface area contributed by atoms with Gasteiger partial charge >= 0.3 is 17.9 Å². The van der Waals surface area contributed by atoms with E-state index in [-0.39, 0.29) is 31.1 Å². The van der Waals surface area contributed by atoms with Crippen LogP contribution < -0.4 is 0 Å². The normalized spacial score (nSPS) is 12.6. The van der Waals surface area contributed by atoms with E-state index in [1.165, 1.54) is 103 Å². The van der Waals surface area contributed by atoms with E-state index in [0.717, 1.165) is 116 Å². The van der Waals surface area contributed by atoms with Crippen LogP contribution in [0.2, 0.25) is 0 Å². The molecule has 0 aliphatic carbocycles. The van der Waals surface area contributed by atoms with Crippen molar-refractivity contribution < 1.29 is 28.6 Å². The first-order valence-electron chi connectivity index (χ1n) is 27.0. The van der Waals surface area contributed by atoms with Gasteiger partial charge in [0.05, 0.1) is 0 Å². The van der Waals surface area contributed by atoms with Gasteiger partial charge in [0.1, 0.15) is 13.2 Å².